The Kier molecular flexibility index (Phi) is 5.14. The number of halogens is 1. The van der Waals surface area contributed by atoms with Crippen molar-refractivity contribution in [2.24, 2.45) is 5.92 Å². The SMILES string of the molecule is CCN1CCN(C(=O)[C@H]2CC(=O)N(Cc3ccc(F)cc3)C2)CC1. The van der Waals surface area contributed by atoms with E-state index in [0.717, 1.165) is 38.3 Å². The number of benzene rings is 1. The van der Waals surface area contributed by atoms with Crippen LogP contribution < -0.4 is 0 Å². The van der Waals surface area contributed by atoms with Crippen molar-refractivity contribution in [2.45, 2.75) is 19.9 Å². The summed E-state index contributed by atoms with van der Waals surface area (Å²) in [7, 11) is 0. The van der Waals surface area contributed by atoms with Crippen LogP contribution in [0.3, 0.4) is 0 Å². The Balaban J connectivity index is 1.56. The molecule has 1 aromatic rings. The number of carbonyl (C=O) groups is 2. The van der Waals surface area contributed by atoms with Gasteiger partial charge in [-0.3, -0.25) is 9.59 Å². The number of likely N-dealkylation sites (tertiary alicyclic amines) is 1. The van der Waals surface area contributed by atoms with E-state index in [4.69, 9.17) is 0 Å². The van der Waals surface area contributed by atoms with Crippen molar-refractivity contribution in [1.29, 1.82) is 0 Å². The minimum atomic E-state index is -0.286. The fourth-order valence-electron chi connectivity index (χ4n) is 3.44. The molecule has 2 aliphatic rings. The minimum Gasteiger partial charge on any atom is -0.340 e. The number of nitrogens with zero attached hydrogens (tertiary/aromatic N) is 3. The van der Waals surface area contributed by atoms with Gasteiger partial charge in [0.05, 0.1) is 5.92 Å². The van der Waals surface area contributed by atoms with Crippen molar-refractivity contribution in [3.8, 4) is 0 Å². The van der Waals surface area contributed by atoms with E-state index >= 15 is 0 Å². The van der Waals surface area contributed by atoms with Crippen LogP contribution in [0.25, 0.3) is 0 Å². The summed E-state index contributed by atoms with van der Waals surface area (Å²) in [5.74, 6) is -0.428. The third-order valence-corrected chi connectivity index (χ3v) is 4.98. The first-order chi connectivity index (χ1) is 11.6. The molecule has 2 aliphatic heterocycles. The Morgan fingerprint density at radius 1 is 1.17 bits per heavy atom. The zero-order valence-electron chi connectivity index (χ0n) is 14.1. The van der Waals surface area contributed by atoms with Crippen LogP contribution >= 0.6 is 0 Å². The van der Waals surface area contributed by atoms with Crippen molar-refractivity contribution in [3.05, 3.63) is 35.6 Å². The first kappa shape index (κ1) is 16.9. The molecule has 0 N–H and O–H groups in total. The van der Waals surface area contributed by atoms with E-state index in [0.29, 0.717) is 13.1 Å². The quantitative estimate of drug-likeness (QED) is 0.835. The number of piperazine rings is 1. The second-order valence-electron chi connectivity index (χ2n) is 6.56. The first-order valence-electron chi connectivity index (χ1n) is 8.60. The molecule has 5 nitrogen and oxygen atoms in total. The highest BCUT2D eigenvalue weighted by atomic mass is 19.1. The molecule has 24 heavy (non-hydrogen) atoms. The van der Waals surface area contributed by atoms with E-state index < -0.39 is 0 Å². The fourth-order valence-corrected chi connectivity index (χ4v) is 3.44. The van der Waals surface area contributed by atoms with Gasteiger partial charge in [-0.05, 0) is 24.2 Å². The maximum atomic E-state index is 13.0. The molecule has 2 amide bonds. The van der Waals surface area contributed by atoms with Gasteiger partial charge in [0, 0.05) is 45.7 Å². The van der Waals surface area contributed by atoms with Crippen molar-refractivity contribution in [1.82, 2.24) is 14.7 Å². The maximum Gasteiger partial charge on any atom is 0.228 e. The smallest absolute Gasteiger partial charge is 0.228 e. The molecule has 0 radical (unpaired) electrons. The van der Waals surface area contributed by atoms with Crippen molar-refractivity contribution >= 4 is 11.8 Å². The molecule has 0 bridgehead atoms. The molecule has 2 saturated heterocycles. The summed E-state index contributed by atoms with van der Waals surface area (Å²) in [4.78, 5) is 30.8. The highest BCUT2D eigenvalue weighted by Gasteiger charge is 2.37. The molecule has 1 atom stereocenters. The zero-order chi connectivity index (χ0) is 17.1. The lowest BCUT2D eigenvalue weighted by atomic mass is 10.1. The normalized spacial score (nSPS) is 22.2. The lowest BCUT2D eigenvalue weighted by Gasteiger charge is -2.35. The third kappa shape index (κ3) is 3.75. The second-order valence-corrected chi connectivity index (χ2v) is 6.56. The average Bonchev–Trinajstić information content (AvgIpc) is 2.97. The number of likely N-dealkylation sites (N-methyl/N-ethyl adjacent to an activating group) is 1. The Morgan fingerprint density at radius 3 is 2.46 bits per heavy atom. The fraction of sp³-hybridized carbons (Fsp3) is 0.556. The van der Waals surface area contributed by atoms with E-state index in [1.807, 2.05) is 4.90 Å². The summed E-state index contributed by atoms with van der Waals surface area (Å²) in [6, 6.07) is 6.15. The van der Waals surface area contributed by atoms with E-state index in [9.17, 15) is 14.0 Å². The summed E-state index contributed by atoms with van der Waals surface area (Å²) < 4.78 is 13.0. The number of hydrogen-bond donors (Lipinski definition) is 0. The number of hydrogen-bond acceptors (Lipinski definition) is 3. The van der Waals surface area contributed by atoms with Gasteiger partial charge in [-0.25, -0.2) is 4.39 Å². The van der Waals surface area contributed by atoms with E-state index in [2.05, 4.69) is 11.8 Å². The molecule has 2 fully saturated rings. The van der Waals surface area contributed by atoms with Gasteiger partial charge in [0.15, 0.2) is 0 Å². The molecule has 2 heterocycles. The average molecular weight is 333 g/mol. The monoisotopic (exact) mass is 333 g/mol. The molecule has 6 heteroatoms. The van der Waals surface area contributed by atoms with Gasteiger partial charge in [0.1, 0.15) is 5.82 Å². The Bertz CT molecular complexity index is 597. The maximum absolute atomic E-state index is 13.0. The molecule has 0 unspecified atom stereocenters. The third-order valence-electron chi connectivity index (χ3n) is 4.98. The molecule has 0 saturated carbocycles. The standard InChI is InChI=1S/C18H24FN3O2/c1-2-20-7-9-21(10-8-20)18(24)15-11-17(23)22(13-15)12-14-3-5-16(19)6-4-14/h3-6,15H,2,7-13H2,1H3/t15-/m0/s1. The Hall–Kier alpha value is -1.95. The first-order valence-corrected chi connectivity index (χ1v) is 8.60. The van der Waals surface area contributed by atoms with Crippen LogP contribution in [0.2, 0.25) is 0 Å². The molecule has 130 valence electrons. The molecule has 3 rings (SSSR count). The molecular formula is C18H24FN3O2. The summed E-state index contributed by atoms with van der Waals surface area (Å²) in [6.07, 6.45) is 0.286. The number of amides is 2. The summed E-state index contributed by atoms with van der Waals surface area (Å²) in [5, 5.41) is 0. The van der Waals surface area contributed by atoms with E-state index in [-0.39, 0.29) is 30.0 Å². The van der Waals surface area contributed by atoms with E-state index in [1.165, 1.54) is 12.1 Å². The highest BCUT2D eigenvalue weighted by molar-refractivity contribution is 5.89. The molecule has 0 spiro atoms. The second kappa shape index (κ2) is 7.30. The number of carbonyl (C=O) groups excluding carboxylic acids is 2. The summed E-state index contributed by atoms with van der Waals surface area (Å²) >= 11 is 0. The predicted octanol–water partition coefficient (Wildman–Crippen LogP) is 1.34. The van der Waals surface area contributed by atoms with Gasteiger partial charge in [-0.15, -0.1) is 0 Å². The lowest BCUT2D eigenvalue weighted by Crippen LogP contribution is -2.50. The van der Waals surface area contributed by atoms with Gasteiger partial charge in [0.2, 0.25) is 11.8 Å². The van der Waals surface area contributed by atoms with E-state index in [1.54, 1.807) is 17.0 Å². The molecule has 1 aromatic carbocycles. The van der Waals surface area contributed by atoms with Crippen LogP contribution in [-0.2, 0) is 16.1 Å². The van der Waals surface area contributed by atoms with Gasteiger partial charge in [-0.1, -0.05) is 19.1 Å². The zero-order valence-corrected chi connectivity index (χ0v) is 14.1. The molecular weight excluding hydrogens is 309 g/mol. The molecule has 0 aromatic heterocycles. The summed E-state index contributed by atoms with van der Waals surface area (Å²) in [5.41, 5.74) is 0.884. The van der Waals surface area contributed by atoms with Gasteiger partial charge in [0.25, 0.3) is 0 Å². The van der Waals surface area contributed by atoms with Crippen molar-refractivity contribution in [3.63, 3.8) is 0 Å². The van der Waals surface area contributed by atoms with Crippen LogP contribution in [0.5, 0.6) is 0 Å². The Morgan fingerprint density at radius 2 is 1.83 bits per heavy atom. The number of rotatable bonds is 4. The van der Waals surface area contributed by atoms with Crippen LogP contribution in [0.1, 0.15) is 18.9 Å². The van der Waals surface area contributed by atoms with Crippen molar-refractivity contribution < 1.29 is 14.0 Å². The Labute approximate surface area is 142 Å². The lowest BCUT2D eigenvalue weighted by molar-refractivity contribution is -0.137. The van der Waals surface area contributed by atoms with Crippen LogP contribution in [0.4, 0.5) is 4.39 Å². The van der Waals surface area contributed by atoms with Crippen molar-refractivity contribution in [2.75, 3.05) is 39.3 Å². The highest BCUT2D eigenvalue weighted by Crippen LogP contribution is 2.23. The van der Waals surface area contributed by atoms with Crippen LogP contribution in [0, 0.1) is 11.7 Å². The topological polar surface area (TPSA) is 43.9 Å². The summed E-state index contributed by atoms with van der Waals surface area (Å²) in [6.45, 7) is 7.33. The van der Waals surface area contributed by atoms with Gasteiger partial charge in [-0.2, -0.15) is 0 Å². The van der Waals surface area contributed by atoms with Gasteiger partial charge < -0.3 is 14.7 Å². The molecule has 0 aliphatic carbocycles. The van der Waals surface area contributed by atoms with Crippen LogP contribution in [0.15, 0.2) is 24.3 Å². The van der Waals surface area contributed by atoms with Crippen LogP contribution in [-0.4, -0.2) is 65.8 Å². The predicted molar refractivity (Wildman–Crippen MR) is 88.6 cm³/mol. The largest absolute Gasteiger partial charge is 0.340 e. The van der Waals surface area contributed by atoms with Gasteiger partial charge >= 0.3 is 0 Å². The minimum absolute atomic E-state index is 0.00451.